The Morgan fingerprint density at radius 3 is 2.04 bits per heavy atom. The van der Waals surface area contributed by atoms with Crippen molar-refractivity contribution in [3.8, 4) is 16.9 Å². The van der Waals surface area contributed by atoms with Crippen molar-refractivity contribution >= 4 is 5.78 Å². The van der Waals surface area contributed by atoms with E-state index in [1.165, 1.54) is 29.5 Å². The van der Waals surface area contributed by atoms with E-state index in [2.05, 4.69) is 43.3 Å². The molecule has 148 valence electrons. The van der Waals surface area contributed by atoms with Crippen LogP contribution in [0.3, 0.4) is 0 Å². The maximum absolute atomic E-state index is 11.9. The molecular formula is C26H32O2. The summed E-state index contributed by atoms with van der Waals surface area (Å²) in [6.45, 7) is 8.85. The number of hydrogen-bond acceptors (Lipinski definition) is 2. The van der Waals surface area contributed by atoms with Gasteiger partial charge in [0.1, 0.15) is 5.75 Å². The van der Waals surface area contributed by atoms with Crippen LogP contribution in [0.5, 0.6) is 5.75 Å². The van der Waals surface area contributed by atoms with Crippen molar-refractivity contribution in [2.45, 2.75) is 53.4 Å². The van der Waals surface area contributed by atoms with Crippen LogP contribution in [0, 0.1) is 0 Å². The summed E-state index contributed by atoms with van der Waals surface area (Å²) in [6, 6.07) is 16.8. The zero-order chi connectivity index (χ0) is 20.4. The molecule has 2 rings (SSSR count). The number of carbonyl (C=O) groups is 1. The van der Waals surface area contributed by atoms with Gasteiger partial charge in [0.2, 0.25) is 0 Å². The van der Waals surface area contributed by atoms with Gasteiger partial charge in [-0.2, -0.15) is 0 Å². The summed E-state index contributed by atoms with van der Waals surface area (Å²) in [4.78, 5) is 11.9. The summed E-state index contributed by atoms with van der Waals surface area (Å²) in [5.41, 5.74) is 5.66. The van der Waals surface area contributed by atoms with Crippen molar-refractivity contribution in [2.75, 3.05) is 6.61 Å². The van der Waals surface area contributed by atoms with E-state index in [1.807, 2.05) is 32.9 Å². The predicted octanol–water partition coefficient (Wildman–Crippen LogP) is 6.95. The summed E-state index contributed by atoms with van der Waals surface area (Å²) in [6.07, 6.45) is 7.70. The highest BCUT2D eigenvalue weighted by molar-refractivity contribution is 6.00. The Balaban J connectivity index is 1.95. The first kappa shape index (κ1) is 21.7. The second-order valence-corrected chi connectivity index (χ2v) is 7.57. The summed E-state index contributed by atoms with van der Waals surface area (Å²) < 4.78 is 5.78. The second-order valence-electron chi connectivity index (χ2n) is 7.57. The molecular weight excluding hydrogens is 344 g/mol. The number of unbranched alkanes of at least 4 members (excludes halogenated alkanes) is 2. The molecule has 0 unspecified atom stereocenters. The van der Waals surface area contributed by atoms with Gasteiger partial charge < -0.3 is 4.74 Å². The highest BCUT2D eigenvalue weighted by Crippen LogP contribution is 2.23. The van der Waals surface area contributed by atoms with E-state index in [-0.39, 0.29) is 5.78 Å². The fraction of sp³-hybridized carbons (Fsp3) is 0.346. The van der Waals surface area contributed by atoms with Gasteiger partial charge in [0.25, 0.3) is 0 Å². The van der Waals surface area contributed by atoms with Crippen LogP contribution in [0.25, 0.3) is 11.1 Å². The van der Waals surface area contributed by atoms with Crippen molar-refractivity contribution in [3.05, 3.63) is 77.4 Å². The highest BCUT2D eigenvalue weighted by Gasteiger charge is 2.02. The largest absolute Gasteiger partial charge is 0.494 e. The number of benzene rings is 2. The Morgan fingerprint density at radius 1 is 0.857 bits per heavy atom. The Kier molecular flexibility index (Phi) is 8.74. The minimum atomic E-state index is 0.0612. The molecule has 2 heteroatoms. The summed E-state index contributed by atoms with van der Waals surface area (Å²) in [5, 5.41) is 0. The maximum atomic E-state index is 11.9. The molecule has 0 aliphatic carbocycles. The topological polar surface area (TPSA) is 26.3 Å². The molecule has 0 aliphatic heterocycles. The van der Waals surface area contributed by atoms with Crippen LogP contribution in [0.1, 0.15) is 52.5 Å². The zero-order valence-corrected chi connectivity index (χ0v) is 17.6. The second kappa shape index (κ2) is 11.3. The Bertz CT molecular complexity index is 805. The Hall–Kier alpha value is -2.61. The first-order valence-electron chi connectivity index (χ1n) is 10.2. The molecule has 0 amide bonds. The van der Waals surface area contributed by atoms with Gasteiger partial charge >= 0.3 is 0 Å². The Labute approximate surface area is 169 Å². The van der Waals surface area contributed by atoms with Gasteiger partial charge in [0.15, 0.2) is 5.78 Å². The number of rotatable bonds is 10. The summed E-state index contributed by atoms with van der Waals surface area (Å²) >= 11 is 0. The molecule has 0 saturated heterocycles. The van der Waals surface area contributed by atoms with E-state index in [9.17, 15) is 4.79 Å². The van der Waals surface area contributed by atoms with Crippen molar-refractivity contribution in [3.63, 3.8) is 0 Å². The lowest BCUT2D eigenvalue weighted by Crippen LogP contribution is -1.96. The maximum Gasteiger partial charge on any atom is 0.178 e. The first-order valence-corrected chi connectivity index (χ1v) is 10.2. The minimum absolute atomic E-state index is 0.0612. The zero-order valence-electron chi connectivity index (χ0n) is 17.6. The monoisotopic (exact) mass is 376 g/mol. The van der Waals surface area contributed by atoms with Crippen LogP contribution >= 0.6 is 0 Å². The summed E-state index contributed by atoms with van der Waals surface area (Å²) in [7, 11) is 0. The van der Waals surface area contributed by atoms with Crippen molar-refractivity contribution in [1.29, 1.82) is 0 Å². The highest BCUT2D eigenvalue weighted by atomic mass is 16.5. The van der Waals surface area contributed by atoms with Gasteiger partial charge in [-0.25, -0.2) is 0 Å². The summed E-state index contributed by atoms with van der Waals surface area (Å²) in [5.74, 6) is 0.990. The Morgan fingerprint density at radius 2 is 1.46 bits per heavy atom. The molecule has 2 aromatic carbocycles. The van der Waals surface area contributed by atoms with Gasteiger partial charge in [-0.1, -0.05) is 67.3 Å². The molecule has 2 nitrogen and oxygen atoms in total. The lowest BCUT2D eigenvalue weighted by atomic mass is 10.00. The van der Waals surface area contributed by atoms with Crippen molar-refractivity contribution in [1.82, 2.24) is 0 Å². The van der Waals surface area contributed by atoms with Gasteiger partial charge in [-0.15, -0.1) is 0 Å². The molecule has 0 saturated carbocycles. The number of carbonyl (C=O) groups excluding carboxylic acids is 1. The van der Waals surface area contributed by atoms with E-state index in [0.29, 0.717) is 0 Å². The van der Waals surface area contributed by atoms with Crippen molar-refractivity contribution < 1.29 is 9.53 Å². The molecule has 28 heavy (non-hydrogen) atoms. The van der Waals surface area contributed by atoms with Gasteiger partial charge in [0.05, 0.1) is 6.61 Å². The predicted molar refractivity (Wildman–Crippen MR) is 119 cm³/mol. The lowest BCUT2D eigenvalue weighted by molar-refractivity contribution is -0.110. The number of ketones is 1. The first-order chi connectivity index (χ1) is 13.5. The van der Waals surface area contributed by atoms with Crippen LogP contribution < -0.4 is 4.74 Å². The van der Waals surface area contributed by atoms with Crippen LogP contribution in [0.2, 0.25) is 0 Å². The molecule has 0 aliphatic rings. The SMILES string of the molecule is CCCCCOc1ccc(-c2ccc(CC(C)=CC(=O)C=C(C)C)cc2)cc1. The third kappa shape index (κ3) is 7.56. The fourth-order valence-electron chi connectivity index (χ4n) is 3.04. The smallest absolute Gasteiger partial charge is 0.178 e. The average molecular weight is 377 g/mol. The normalized spacial score (nSPS) is 11.2. The van der Waals surface area contributed by atoms with E-state index < -0.39 is 0 Å². The molecule has 0 radical (unpaired) electrons. The van der Waals surface area contributed by atoms with Gasteiger partial charge in [-0.05, 0) is 74.6 Å². The molecule has 0 bridgehead atoms. The van der Waals surface area contributed by atoms with E-state index in [4.69, 9.17) is 4.74 Å². The molecule has 0 fully saturated rings. The molecule has 0 aromatic heterocycles. The minimum Gasteiger partial charge on any atom is -0.494 e. The van der Waals surface area contributed by atoms with Crippen LogP contribution in [0.15, 0.2) is 71.8 Å². The van der Waals surface area contributed by atoms with Crippen LogP contribution in [0.4, 0.5) is 0 Å². The third-order valence-corrected chi connectivity index (χ3v) is 4.46. The quantitative estimate of drug-likeness (QED) is 0.331. The molecule has 0 N–H and O–H groups in total. The van der Waals surface area contributed by atoms with E-state index in [1.54, 1.807) is 12.2 Å². The fourth-order valence-corrected chi connectivity index (χ4v) is 3.04. The molecule has 0 spiro atoms. The van der Waals surface area contributed by atoms with Gasteiger partial charge in [0, 0.05) is 0 Å². The average Bonchev–Trinajstić information content (AvgIpc) is 2.65. The number of allylic oxidation sites excluding steroid dienone is 4. The van der Waals surface area contributed by atoms with E-state index in [0.717, 1.165) is 36.3 Å². The van der Waals surface area contributed by atoms with Crippen LogP contribution in [-0.2, 0) is 11.2 Å². The molecule has 0 atom stereocenters. The lowest BCUT2D eigenvalue weighted by Gasteiger charge is -2.08. The van der Waals surface area contributed by atoms with Crippen molar-refractivity contribution in [2.24, 2.45) is 0 Å². The van der Waals surface area contributed by atoms with Gasteiger partial charge in [-0.3, -0.25) is 4.79 Å². The third-order valence-electron chi connectivity index (χ3n) is 4.46. The molecule has 0 heterocycles. The standard InChI is InChI=1S/C26H32O2/c1-5-6-7-16-28-26-14-12-24(13-15-26)23-10-8-22(9-11-23)18-21(4)19-25(27)17-20(2)3/h8-15,17,19H,5-7,16,18H2,1-4H3. The number of ether oxygens (including phenoxy) is 1. The van der Waals surface area contributed by atoms with E-state index >= 15 is 0 Å². The number of hydrogen-bond donors (Lipinski definition) is 0. The van der Waals surface area contributed by atoms with Crippen LogP contribution in [-0.4, -0.2) is 12.4 Å². The molecule has 2 aromatic rings.